The molecule has 1 aliphatic heterocycles. The molecule has 0 atom stereocenters. The maximum absolute atomic E-state index is 12.3. The number of rotatable bonds is 3. The second kappa shape index (κ2) is 6.49. The fourth-order valence-corrected chi connectivity index (χ4v) is 3.29. The Balaban J connectivity index is 1.95. The van der Waals surface area contributed by atoms with E-state index in [0.717, 1.165) is 28.9 Å². The monoisotopic (exact) mass is 345 g/mol. The average molecular weight is 346 g/mol. The molecule has 2 heterocycles. The van der Waals surface area contributed by atoms with Crippen LogP contribution >= 0.6 is 27.3 Å². The number of halogens is 1. The number of hydrogen-bond acceptors (Lipinski definition) is 4. The summed E-state index contributed by atoms with van der Waals surface area (Å²) in [5.41, 5.74) is 5.92. The van der Waals surface area contributed by atoms with Crippen LogP contribution in [0.2, 0.25) is 0 Å². The first-order valence-electron chi connectivity index (χ1n) is 6.10. The van der Waals surface area contributed by atoms with Crippen molar-refractivity contribution >= 4 is 39.1 Å². The molecule has 0 aliphatic carbocycles. The molecular formula is C12H16BrN3O2S. The second-order valence-corrected chi connectivity index (χ2v) is 6.82. The van der Waals surface area contributed by atoms with E-state index in [1.165, 1.54) is 11.3 Å². The summed E-state index contributed by atoms with van der Waals surface area (Å²) >= 11 is 4.87. The topological polar surface area (TPSA) is 66.6 Å². The molecule has 0 saturated carbocycles. The zero-order valence-electron chi connectivity index (χ0n) is 10.5. The van der Waals surface area contributed by atoms with Crippen LogP contribution in [0.5, 0.6) is 0 Å². The highest BCUT2D eigenvalue weighted by molar-refractivity contribution is 9.11. The van der Waals surface area contributed by atoms with Crippen molar-refractivity contribution in [1.29, 1.82) is 0 Å². The third-order valence-corrected chi connectivity index (χ3v) is 4.57. The van der Waals surface area contributed by atoms with Crippen LogP contribution in [0.1, 0.15) is 16.8 Å². The summed E-state index contributed by atoms with van der Waals surface area (Å²) in [6.45, 7) is 3.13. The van der Waals surface area contributed by atoms with E-state index in [9.17, 15) is 9.59 Å². The molecule has 1 fully saturated rings. The van der Waals surface area contributed by atoms with Gasteiger partial charge >= 0.3 is 0 Å². The molecule has 2 amide bonds. The van der Waals surface area contributed by atoms with Crippen LogP contribution in [0, 0.1) is 0 Å². The number of carbonyl (C=O) groups excluding carboxylic acids is 2. The van der Waals surface area contributed by atoms with E-state index in [-0.39, 0.29) is 18.4 Å². The van der Waals surface area contributed by atoms with E-state index in [0.29, 0.717) is 13.1 Å². The van der Waals surface area contributed by atoms with Crippen LogP contribution in [0.25, 0.3) is 0 Å². The molecular weight excluding hydrogens is 330 g/mol. The highest BCUT2D eigenvalue weighted by atomic mass is 79.9. The van der Waals surface area contributed by atoms with Crippen LogP contribution in [-0.4, -0.2) is 54.3 Å². The SMILES string of the molecule is NC(=O)CN1CCCN(C(=O)c2csc(Br)c2)CC1. The number of primary amides is 1. The van der Waals surface area contributed by atoms with Crippen molar-refractivity contribution in [3.05, 3.63) is 20.8 Å². The van der Waals surface area contributed by atoms with E-state index in [1.54, 1.807) is 0 Å². The maximum atomic E-state index is 12.3. The smallest absolute Gasteiger partial charge is 0.254 e. The minimum atomic E-state index is -0.318. The quantitative estimate of drug-likeness (QED) is 0.893. The number of amides is 2. The van der Waals surface area contributed by atoms with E-state index in [1.807, 2.05) is 21.2 Å². The second-order valence-electron chi connectivity index (χ2n) is 4.53. The molecule has 1 aromatic heterocycles. The molecule has 0 unspecified atom stereocenters. The molecule has 0 bridgehead atoms. The number of nitrogens with zero attached hydrogens (tertiary/aromatic N) is 2. The van der Waals surface area contributed by atoms with E-state index >= 15 is 0 Å². The Morgan fingerprint density at radius 2 is 2.11 bits per heavy atom. The minimum Gasteiger partial charge on any atom is -0.369 e. The van der Waals surface area contributed by atoms with E-state index < -0.39 is 0 Å². The molecule has 0 spiro atoms. The lowest BCUT2D eigenvalue weighted by molar-refractivity contribution is -0.119. The van der Waals surface area contributed by atoms with E-state index in [4.69, 9.17) is 5.73 Å². The highest BCUT2D eigenvalue weighted by Crippen LogP contribution is 2.22. The Morgan fingerprint density at radius 1 is 1.32 bits per heavy atom. The lowest BCUT2D eigenvalue weighted by Crippen LogP contribution is -2.38. The van der Waals surface area contributed by atoms with Gasteiger partial charge in [-0.1, -0.05) is 0 Å². The van der Waals surface area contributed by atoms with E-state index in [2.05, 4.69) is 15.9 Å². The summed E-state index contributed by atoms with van der Waals surface area (Å²) in [6.07, 6.45) is 0.865. The third-order valence-electron chi connectivity index (χ3n) is 3.07. The van der Waals surface area contributed by atoms with Gasteiger partial charge in [0.1, 0.15) is 0 Å². The Kier molecular flexibility index (Phi) is 4.95. The van der Waals surface area contributed by atoms with Crippen molar-refractivity contribution < 1.29 is 9.59 Å². The van der Waals surface area contributed by atoms with Gasteiger partial charge in [-0.05, 0) is 28.4 Å². The summed E-state index contributed by atoms with van der Waals surface area (Å²) in [7, 11) is 0. The number of carbonyl (C=O) groups is 2. The molecule has 0 aromatic carbocycles. The van der Waals surface area contributed by atoms with Gasteiger partial charge in [0.25, 0.3) is 5.91 Å². The lowest BCUT2D eigenvalue weighted by atomic mass is 10.3. The van der Waals surface area contributed by atoms with Crippen LogP contribution in [-0.2, 0) is 4.79 Å². The number of thiophene rings is 1. The van der Waals surface area contributed by atoms with Crippen LogP contribution in [0.3, 0.4) is 0 Å². The summed E-state index contributed by atoms with van der Waals surface area (Å²) < 4.78 is 0.959. The lowest BCUT2D eigenvalue weighted by Gasteiger charge is -2.20. The molecule has 19 heavy (non-hydrogen) atoms. The van der Waals surface area contributed by atoms with Crippen molar-refractivity contribution in [2.45, 2.75) is 6.42 Å². The Morgan fingerprint density at radius 3 is 2.74 bits per heavy atom. The normalized spacial score (nSPS) is 17.2. The maximum Gasteiger partial charge on any atom is 0.254 e. The Hall–Kier alpha value is -0.920. The average Bonchev–Trinajstić information content (AvgIpc) is 2.65. The number of nitrogens with two attached hydrogens (primary N) is 1. The first kappa shape index (κ1) is 14.5. The summed E-state index contributed by atoms with van der Waals surface area (Å²) in [6, 6.07) is 1.85. The van der Waals surface area contributed by atoms with Gasteiger partial charge in [-0.15, -0.1) is 11.3 Å². The molecule has 5 nitrogen and oxygen atoms in total. The number of hydrogen-bond donors (Lipinski definition) is 1. The molecule has 2 rings (SSSR count). The van der Waals surface area contributed by atoms with Crippen molar-refractivity contribution in [3.63, 3.8) is 0 Å². The molecule has 1 saturated heterocycles. The predicted octanol–water partition coefficient (Wildman–Crippen LogP) is 1.14. The van der Waals surface area contributed by atoms with Crippen LogP contribution in [0.4, 0.5) is 0 Å². The zero-order chi connectivity index (χ0) is 13.8. The molecule has 1 aromatic rings. The van der Waals surface area contributed by atoms with Gasteiger partial charge in [0.15, 0.2) is 0 Å². The Bertz CT molecular complexity index is 477. The first-order valence-corrected chi connectivity index (χ1v) is 7.77. The molecule has 104 valence electrons. The first-order chi connectivity index (χ1) is 9.06. The largest absolute Gasteiger partial charge is 0.369 e. The van der Waals surface area contributed by atoms with Gasteiger partial charge < -0.3 is 10.6 Å². The van der Waals surface area contributed by atoms with Crippen LogP contribution in [0.15, 0.2) is 15.2 Å². The fraction of sp³-hybridized carbons (Fsp3) is 0.500. The van der Waals surface area contributed by atoms with Crippen molar-refractivity contribution in [2.24, 2.45) is 5.73 Å². The molecule has 1 aliphatic rings. The predicted molar refractivity (Wildman–Crippen MR) is 78.2 cm³/mol. The minimum absolute atomic E-state index is 0.0582. The van der Waals surface area contributed by atoms with Gasteiger partial charge in [-0.3, -0.25) is 14.5 Å². The summed E-state index contributed by atoms with van der Waals surface area (Å²) in [4.78, 5) is 27.1. The fourth-order valence-electron chi connectivity index (χ4n) is 2.16. The van der Waals surface area contributed by atoms with Crippen molar-refractivity contribution in [1.82, 2.24) is 9.80 Å². The molecule has 7 heteroatoms. The molecule has 0 radical (unpaired) electrons. The Labute approximate surface area is 124 Å². The summed E-state index contributed by atoms with van der Waals surface area (Å²) in [5.74, 6) is -0.260. The zero-order valence-corrected chi connectivity index (χ0v) is 12.9. The van der Waals surface area contributed by atoms with Crippen LogP contribution < -0.4 is 5.73 Å². The van der Waals surface area contributed by atoms with Crippen molar-refractivity contribution in [2.75, 3.05) is 32.7 Å². The van der Waals surface area contributed by atoms with Gasteiger partial charge in [-0.2, -0.15) is 0 Å². The van der Waals surface area contributed by atoms with Crippen molar-refractivity contribution in [3.8, 4) is 0 Å². The van der Waals surface area contributed by atoms with Gasteiger partial charge in [0, 0.05) is 31.6 Å². The van der Waals surface area contributed by atoms with Gasteiger partial charge in [-0.25, -0.2) is 0 Å². The highest BCUT2D eigenvalue weighted by Gasteiger charge is 2.21. The standard InChI is InChI=1S/C12H16BrN3O2S/c13-10-6-9(8-19-10)12(18)16-3-1-2-15(4-5-16)7-11(14)17/h6,8H,1-5,7H2,(H2,14,17). The summed E-state index contributed by atoms with van der Waals surface area (Å²) in [5, 5.41) is 1.86. The van der Waals surface area contributed by atoms with Gasteiger partial charge in [0.2, 0.25) is 5.91 Å². The van der Waals surface area contributed by atoms with Gasteiger partial charge in [0.05, 0.1) is 15.9 Å². The third kappa shape index (κ3) is 4.02. The molecule has 2 N–H and O–H groups in total.